The van der Waals surface area contributed by atoms with Gasteiger partial charge >= 0.3 is 6.18 Å². The first kappa shape index (κ1) is 22.2. The molecule has 1 aromatic carbocycles. The fourth-order valence-corrected chi connectivity index (χ4v) is 5.99. The topological polar surface area (TPSA) is 110 Å². The maximum absolute atomic E-state index is 13.3. The summed E-state index contributed by atoms with van der Waals surface area (Å²) in [5.41, 5.74) is 9.15. The average Bonchev–Trinajstić information content (AvgIpc) is 3.38. The standard InChI is InChI=1S/C23H21F3N8S/c24-23(25,26)18-15(10-28-12-30-18)35-16-11-29-19-20(31-16)33-21(32-19)34-7-5-22(6-8-34)9-13-3-1-2-4-14(13)17(22)27/h1-4,10-12,17H,5-9,27H2,(H,29,31,32,33)/t17-/m1/s1. The maximum Gasteiger partial charge on any atom is 0.434 e. The lowest BCUT2D eigenvalue weighted by Gasteiger charge is -2.42. The minimum atomic E-state index is -4.59. The second-order valence-electron chi connectivity index (χ2n) is 8.98. The molecule has 3 N–H and O–H groups in total. The van der Waals surface area contributed by atoms with Crippen LogP contribution in [0.1, 0.15) is 35.7 Å². The van der Waals surface area contributed by atoms with Crippen molar-refractivity contribution < 1.29 is 13.2 Å². The Balaban J connectivity index is 1.19. The number of hydrogen-bond acceptors (Lipinski definition) is 8. The molecular formula is C23H21F3N8S. The lowest BCUT2D eigenvalue weighted by molar-refractivity contribution is -0.143. The van der Waals surface area contributed by atoms with Gasteiger partial charge in [0, 0.05) is 25.3 Å². The number of nitrogens with two attached hydrogens (primary N) is 1. The number of anilines is 1. The summed E-state index contributed by atoms with van der Waals surface area (Å²) in [7, 11) is 0. The minimum Gasteiger partial charge on any atom is -0.342 e. The van der Waals surface area contributed by atoms with Crippen LogP contribution < -0.4 is 10.6 Å². The van der Waals surface area contributed by atoms with Crippen LogP contribution in [-0.4, -0.2) is 43.0 Å². The number of benzene rings is 1. The van der Waals surface area contributed by atoms with Gasteiger partial charge in [0.2, 0.25) is 5.95 Å². The third-order valence-electron chi connectivity index (χ3n) is 6.99. The normalized spacial score (nSPS) is 19.4. The first-order valence-corrected chi connectivity index (χ1v) is 12.0. The molecule has 8 nitrogen and oxygen atoms in total. The summed E-state index contributed by atoms with van der Waals surface area (Å²) in [6.45, 7) is 1.58. The maximum atomic E-state index is 13.3. The molecule has 3 aromatic heterocycles. The third kappa shape index (κ3) is 3.90. The second-order valence-corrected chi connectivity index (χ2v) is 10.0. The van der Waals surface area contributed by atoms with Gasteiger partial charge in [-0.2, -0.15) is 18.2 Å². The molecule has 1 aliphatic heterocycles. The molecule has 0 unspecified atom stereocenters. The molecule has 4 heterocycles. The van der Waals surface area contributed by atoms with E-state index < -0.39 is 11.9 Å². The van der Waals surface area contributed by atoms with Gasteiger partial charge in [-0.1, -0.05) is 36.0 Å². The highest BCUT2D eigenvalue weighted by atomic mass is 32.2. The van der Waals surface area contributed by atoms with Crippen molar-refractivity contribution in [2.45, 2.75) is 41.4 Å². The first-order valence-electron chi connectivity index (χ1n) is 11.2. The van der Waals surface area contributed by atoms with E-state index in [1.165, 1.54) is 17.3 Å². The van der Waals surface area contributed by atoms with E-state index in [0.29, 0.717) is 17.2 Å². The Bertz CT molecular complexity index is 1400. The minimum absolute atomic E-state index is 0.0306. The summed E-state index contributed by atoms with van der Waals surface area (Å²) in [6.07, 6.45) is 1.70. The third-order valence-corrected chi connectivity index (χ3v) is 7.91. The zero-order valence-corrected chi connectivity index (χ0v) is 19.3. The van der Waals surface area contributed by atoms with Crippen molar-refractivity contribution in [2.24, 2.45) is 11.1 Å². The Labute approximate surface area is 202 Å². The fraction of sp³-hybridized carbons (Fsp3) is 0.348. The van der Waals surface area contributed by atoms with Gasteiger partial charge in [-0.15, -0.1) is 0 Å². The van der Waals surface area contributed by atoms with E-state index in [2.05, 4.69) is 53.0 Å². The van der Waals surface area contributed by atoms with Crippen LogP contribution in [0.15, 0.2) is 52.9 Å². The van der Waals surface area contributed by atoms with Gasteiger partial charge in [-0.05, 0) is 35.8 Å². The largest absolute Gasteiger partial charge is 0.434 e. The number of halogens is 3. The van der Waals surface area contributed by atoms with Gasteiger partial charge in [0.15, 0.2) is 17.0 Å². The number of rotatable bonds is 3. The fourth-order valence-electron chi connectivity index (χ4n) is 5.15. The van der Waals surface area contributed by atoms with Crippen LogP contribution in [0, 0.1) is 5.41 Å². The molecule has 0 bridgehead atoms. The van der Waals surface area contributed by atoms with Crippen molar-refractivity contribution in [3.05, 3.63) is 59.8 Å². The van der Waals surface area contributed by atoms with Crippen LogP contribution in [0.5, 0.6) is 0 Å². The highest BCUT2D eigenvalue weighted by molar-refractivity contribution is 7.99. The van der Waals surface area contributed by atoms with Gasteiger partial charge in [0.25, 0.3) is 0 Å². The molecule has 0 amide bonds. The van der Waals surface area contributed by atoms with Gasteiger partial charge in [-0.3, -0.25) is 0 Å². The summed E-state index contributed by atoms with van der Waals surface area (Å²) in [6, 6.07) is 8.44. The predicted molar refractivity (Wildman–Crippen MR) is 124 cm³/mol. The number of imidazole rings is 1. The Hall–Kier alpha value is -3.25. The molecule has 0 radical (unpaired) electrons. The first-order chi connectivity index (χ1) is 16.8. The van der Waals surface area contributed by atoms with Crippen LogP contribution in [0.25, 0.3) is 11.3 Å². The van der Waals surface area contributed by atoms with Crippen LogP contribution in [-0.2, 0) is 12.6 Å². The van der Waals surface area contributed by atoms with E-state index in [0.717, 1.165) is 56.6 Å². The molecule has 1 saturated heterocycles. The Morgan fingerprint density at radius 3 is 2.66 bits per heavy atom. The molecule has 180 valence electrons. The molecule has 0 saturated carbocycles. The smallest absolute Gasteiger partial charge is 0.342 e. The van der Waals surface area contributed by atoms with Crippen LogP contribution in [0.2, 0.25) is 0 Å². The van der Waals surface area contributed by atoms with E-state index in [1.807, 2.05) is 6.07 Å². The van der Waals surface area contributed by atoms with Gasteiger partial charge in [-0.25, -0.2) is 19.9 Å². The number of nitrogens with zero attached hydrogens (tertiary/aromatic N) is 6. The average molecular weight is 499 g/mol. The molecule has 6 rings (SSSR count). The zero-order valence-electron chi connectivity index (χ0n) is 18.5. The number of piperidine rings is 1. The van der Waals surface area contributed by atoms with Crippen LogP contribution in [0.3, 0.4) is 0 Å². The van der Waals surface area contributed by atoms with E-state index >= 15 is 0 Å². The monoisotopic (exact) mass is 498 g/mol. The quantitative estimate of drug-likeness (QED) is 0.434. The molecule has 1 spiro atoms. The van der Waals surface area contributed by atoms with E-state index in [9.17, 15) is 13.2 Å². The summed E-state index contributed by atoms with van der Waals surface area (Å²) in [5.74, 6) is 0.653. The molecule has 2 aliphatic rings. The number of nitrogens with one attached hydrogen (secondary N) is 1. The number of aromatic nitrogens is 6. The number of alkyl halides is 3. The number of aromatic amines is 1. The Kier molecular flexibility index (Phi) is 5.18. The molecule has 1 aliphatic carbocycles. The van der Waals surface area contributed by atoms with Crippen molar-refractivity contribution in [3.8, 4) is 0 Å². The van der Waals surface area contributed by atoms with Gasteiger partial charge in [0.05, 0.1) is 11.1 Å². The lowest BCUT2D eigenvalue weighted by Crippen LogP contribution is -2.44. The number of H-pyrrole nitrogens is 1. The van der Waals surface area contributed by atoms with Crippen LogP contribution >= 0.6 is 11.8 Å². The molecular weight excluding hydrogens is 477 g/mol. The molecule has 35 heavy (non-hydrogen) atoms. The Morgan fingerprint density at radius 1 is 1.09 bits per heavy atom. The predicted octanol–water partition coefficient (Wildman–Crippen LogP) is 4.16. The van der Waals surface area contributed by atoms with Gasteiger partial charge in [0.1, 0.15) is 11.4 Å². The van der Waals surface area contributed by atoms with Crippen LogP contribution in [0.4, 0.5) is 19.1 Å². The van der Waals surface area contributed by atoms with E-state index in [4.69, 9.17) is 5.73 Å². The van der Waals surface area contributed by atoms with E-state index in [-0.39, 0.29) is 21.4 Å². The Morgan fingerprint density at radius 2 is 1.89 bits per heavy atom. The van der Waals surface area contributed by atoms with Crippen molar-refractivity contribution in [3.63, 3.8) is 0 Å². The summed E-state index contributed by atoms with van der Waals surface area (Å²) >= 11 is 0.808. The molecule has 12 heteroatoms. The number of hydrogen-bond donors (Lipinski definition) is 2. The zero-order chi connectivity index (χ0) is 24.2. The van der Waals surface area contributed by atoms with E-state index in [1.54, 1.807) is 0 Å². The van der Waals surface area contributed by atoms with Crippen molar-refractivity contribution >= 4 is 29.0 Å². The molecule has 1 atom stereocenters. The van der Waals surface area contributed by atoms with Crippen molar-refractivity contribution in [1.82, 2.24) is 29.9 Å². The molecule has 1 fully saturated rings. The highest BCUT2D eigenvalue weighted by Gasteiger charge is 2.46. The second kappa shape index (κ2) is 8.16. The summed E-state index contributed by atoms with van der Waals surface area (Å²) in [5, 5.41) is 0.281. The van der Waals surface area contributed by atoms with Gasteiger partial charge < -0.3 is 15.6 Å². The summed E-state index contributed by atoms with van der Waals surface area (Å²) in [4.78, 5) is 25.6. The number of fused-ring (bicyclic) bond motifs is 2. The lowest BCUT2D eigenvalue weighted by atomic mass is 9.73. The van der Waals surface area contributed by atoms with Crippen molar-refractivity contribution in [1.29, 1.82) is 0 Å². The highest BCUT2D eigenvalue weighted by Crippen LogP contribution is 2.50. The summed E-state index contributed by atoms with van der Waals surface area (Å²) < 4.78 is 39.8. The SMILES string of the molecule is N[C@@H]1c2ccccc2CC12CCN(c1nc3nc(Sc4cncnc4C(F)(F)F)cnc3[nH]1)CC2. The molecule has 4 aromatic rings. The van der Waals surface area contributed by atoms with Crippen molar-refractivity contribution in [2.75, 3.05) is 18.0 Å².